The van der Waals surface area contributed by atoms with Gasteiger partial charge in [0.05, 0.1) is 17.1 Å². The summed E-state index contributed by atoms with van der Waals surface area (Å²) in [5.74, 6) is 0.798. The van der Waals surface area contributed by atoms with E-state index in [0.29, 0.717) is 13.0 Å². The lowest BCUT2D eigenvalue weighted by Gasteiger charge is -2.09. The van der Waals surface area contributed by atoms with E-state index >= 15 is 0 Å². The van der Waals surface area contributed by atoms with Gasteiger partial charge in [-0.3, -0.25) is 4.98 Å². The van der Waals surface area contributed by atoms with Crippen molar-refractivity contribution in [3.05, 3.63) is 71.8 Å². The minimum Gasteiger partial charge on any atom is -0.487 e. The van der Waals surface area contributed by atoms with Gasteiger partial charge in [0.2, 0.25) is 0 Å². The maximum absolute atomic E-state index is 8.94. The Balaban J connectivity index is 1.73. The van der Waals surface area contributed by atoms with E-state index in [1.54, 1.807) is 12.4 Å². The Labute approximate surface area is 135 Å². The molecule has 1 N–H and O–H groups in total. The highest BCUT2D eigenvalue weighted by Gasteiger charge is 2.08. The van der Waals surface area contributed by atoms with Gasteiger partial charge in [0.1, 0.15) is 12.4 Å². The highest BCUT2D eigenvalue weighted by atomic mass is 16.5. The van der Waals surface area contributed by atoms with E-state index in [0.717, 1.165) is 28.4 Å². The van der Waals surface area contributed by atoms with Gasteiger partial charge in [-0.05, 0) is 49.2 Å². The predicted octanol–water partition coefficient (Wildman–Crippen LogP) is 2.69. The molecule has 2 heterocycles. The molecule has 0 aliphatic carbocycles. The summed E-state index contributed by atoms with van der Waals surface area (Å²) in [5.41, 5.74) is 3.98. The fourth-order valence-electron chi connectivity index (χ4n) is 2.40. The lowest BCUT2D eigenvalue weighted by atomic mass is 10.1. The van der Waals surface area contributed by atoms with Crippen LogP contribution in [0.1, 0.15) is 17.0 Å². The summed E-state index contributed by atoms with van der Waals surface area (Å²) in [4.78, 5) is 4.03. The van der Waals surface area contributed by atoms with Crippen LogP contribution in [-0.4, -0.2) is 26.5 Å². The molecule has 0 saturated heterocycles. The van der Waals surface area contributed by atoms with E-state index in [2.05, 4.69) is 10.1 Å². The van der Waals surface area contributed by atoms with E-state index in [9.17, 15) is 0 Å². The maximum Gasteiger partial charge on any atom is 0.130 e. The largest absolute Gasteiger partial charge is 0.487 e. The lowest BCUT2D eigenvalue weighted by Crippen LogP contribution is -2.05. The van der Waals surface area contributed by atoms with Crippen LogP contribution in [0, 0.1) is 6.92 Å². The first-order valence-corrected chi connectivity index (χ1v) is 7.55. The van der Waals surface area contributed by atoms with Gasteiger partial charge >= 0.3 is 0 Å². The van der Waals surface area contributed by atoms with Gasteiger partial charge in [-0.1, -0.05) is 12.1 Å². The molecule has 5 nitrogen and oxygen atoms in total. The second kappa shape index (κ2) is 7.07. The van der Waals surface area contributed by atoms with Crippen LogP contribution < -0.4 is 4.74 Å². The SMILES string of the molecule is Cc1cc(COc2ccc(CCO)cc2)n(-c2ccncc2)n1. The molecule has 3 aromatic rings. The van der Waals surface area contributed by atoms with Crippen LogP contribution in [0.15, 0.2) is 54.9 Å². The monoisotopic (exact) mass is 309 g/mol. The van der Waals surface area contributed by atoms with Crippen molar-refractivity contribution in [3.8, 4) is 11.4 Å². The highest BCUT2D eigenvalue weighted by Crippen LogP contribution is 2.17. The zero-order valence-corrected chi connectivity index (χ0v) is 13.0. The molecule has 0 spiro atoms. The van der Waals surface area contributed by atoms with Gasteiger partial charge in [-0.25, -0.2) is 4.68 Å². The molecule has 23 heavy (non-hydrogen) atoms. The number of aliphatic hydroxyl groups is 1. The third kappa shape index (κ3) is 3.76. The number of ether oxygens (including phenoxy) is 1. The number of hydrogen-bond donors (Lipinski definition) is 1. The molecule has 1 aromatic carbocycles. The summed E-state index contributed by atoms with van der Waals surface area (Å²) in [6, 6.07) is 13.6. The quantitative estimate of drug-likeness (QED) is 0.760. The molecule has 0 aliphatic heterocycles. The van der Waals surface area contributed by atoms with Gasteiger partial charge < -0.3 is 9.84 Å². The summed E-state index contributed by atoms with van der Waals surface area (Å²) in [5, 5.41) is 13.4. The molecule has 0 unspecified atom stereocenters. The molecular weight excluding hydrogens is 290 g/mol. The second-order valence-corrected chi connectivity index (χ2v) is 5.30. The molecule has 5 heteroatoms. The van der Waals surface area contributed by atoms with Crippen LogP contribution in [0.25, 0.3) is 5.69 Å². The Hall–Kier alpha value is -2.66. The summed E-state index contributed by atoms with van der Waals surface area (Å²) >= 11 is 0. The number of aromatic nitrogens is 3. The number of benzene rings is 1. The average Bonchev–Trinajstić information content (AvgIpc) is 2.96. The van der Waals surface area contributed by atoms with Crippen LogP contribution in [0.3, 0.4) is 0 Å². The molecule has 0 amide bonds. The Bertz CT molecular complexity index is 752. The van der Waals surface area contributed by atoms with Crippen LogP contribution in [-0.2, 0) is 13.0 Å². The third-order valence-electron chi connectivity index (χ3n) is 3.52. The first-order valence-electron chi connectivity index (χ1n) is 7.55. The van der Waals surface area contributed by atoms with Gasteiger partial charge in [-0.2, -0.15) is 5.10 Å². The van der Waals surface area contributed by atoms with Crippen molar-refractivity contribution >= 4 is 0 Å². The number of aryl methyl sites for hydroxylation is 1. The van der Waals surface area contributed by atoms with Gasteiger partial charge in [0.15, 0.2) is 0 Å². The van der Waals surface area contributed by atoms with Gasteiger partial charge in [-0.15, -0.1) is 0 Å². The molecule has 0 atom stereocenters. The van der Waals surface area contributed by atoms with Crippen LogP contribution in [0.4, 0.5) is 0 Å². The molecule has 0 bridgehead atoms. The summed E-state index contributed by atoms with van der Waals surface area (Å²) in [6.45, 7) is 2.55. The van der Waals surface area contributed by atoms with E-state index in [1.807, 2.05) is 54.1 Å². The summed E-state index contributed by atoms with van der Waals surface area (Å²) < 4.78 is 7.73. The Kier molecular flexibility index (Phi) is 4.68. The minimum atomic E-state index is 0.157. The van der Waals surface area contributed by atoms with Crippen LogP contribution in [0.5, 0.6) is 5.75 Å². The Morgan fingerprint density at radius 1 is 1.09 bits per heavy atom. The van der Waals surface area contributed by atoms with Crippen molar-refractivity contribution < 1.29 is 9.84 Å². The lowest BCUT2D eigenvalue weighted by molar-refractivity contribution is 0.295. The summed E-state index contributed by atoms with van der Waals surface area (Å²) in [7, 11) is 0. The van der Waals surface area contributed by atoms with E-state index < -0.39 is 0 Å². The zero-order valence-electron chi connectivity index (χ0n) is 13.0. The Morgan fingerprint density at radius 2 is 1.83 bits per heavy atom. The number of aliphatic hydroxyl groups excluding tert-OH is 1. The van der Waals surface area contributed by atoms with E-state index in [4.69, 9.17) is 9.84 Å². The average molecular weight is 309 g/mol. The predicted molar refractivity (Wildman–Crippen MR) is 87.7 cm³/mol. The Morgan fingerprint density at radius 3 is 2.52 bits per heavy atom. The van der Waals surface area contributed by atoms with Gasteiger partial charge in [0.25, 0.3) is 0 Å². The highest BCUT2D eigenvalue weighted by molar-refractivity contribution is 5.32. The fourth-order valence-corrected chi connectivity index (χ4v) is 2.40. The maximum atomic E-state index is 8.94. The van der Waals surface area contributed by atoms with Crippen molar-refractivity contribution in [1.82, 2.24) is 14.8 Å². The molecule has 0 saturated carbocycles. The second-order valence-electron chi connectivity index (χ2n) is 5.30. The van der Waals surface area contributed by atoms with Crippen LogP contribution in [0.2, 0.25) is 0 Å². The summed E-state index contributed by atoms with van der Waals surface area (Å²) in [6.07, 6.45) is 4.15. The van der Waals surface area contributed by atoms with Crippen molar-refractivity contribution in [2.75, 3.05) is 6.61 Å². The van der Waals surface area contributed by atoms with Gasteiger partial charge in [0, 0.05) is 19.0 Å². The standard InChI is InChI=1S/C18H19N3O2/c1-14-12-17(21(20-14)16-6-9-19-10-7-16)13-23-18-4-2-15(3-5-18)8-11-22/h2-7,9-10,12,22H,8,11,13H2,1H3. The zero-order chi connectivity index (χ0) is 16.1. The number of pyridine rings is 1. The molecule has 0 fully saturated rings. The molecule has 2 aromatic heterocycles. The molecular formula is C18H19N3O2. The minimum absolute atomic E-state index is 0.157. The third-order valence-corrected chi connectivity index (χ3v) is 3.52. The van der Waals surface area contributed by atoms with Crippen LogP contribution >= 0.6 is 0 Å². The first kappa shape index (κ1) is 15.2. The van der Waals surface area contributed by atoms with Crippen molar-refractivity contribution in [1.29, 1.82) is 0 Å². The first-order chi connectivity index (χ1) is 11.3. The smallest absolute Gasteiger partial charge is 0.130 e. The molecule has 0 aliphatic rings. The number of rotatable bonds is 6. The fraction of sp³-hybridized carbons (Fsp3) is 0.222. The molecule has 0 radical (unpaired) electrons. The number of nitrogens with zero attached hydrogens (tertiary/aromatic N) is 3. The van der Waals surface area contributed by atoms with Crippen molar-refractivity contribution in [2.24, 2.45) is 0 Å². The van der Waals surface area contributed by atoms with E-state index in [-0.39, 0.29) is 6.61 Å². The molecule has 118 valence electrons. The van der Waals surface area contributed by atoms with Crippen molar-refractivity contribution in [2.45, 2.75) is 20.0 Å². The topological polar surface area (TPSA) is 60.2 Å². The normalized spacial score (nSPS) is 10.7. The van der Waals surface area contributed by atoms with E-state index in [1.165, 1.54) is 0 Å². The number of hydrogen-bond acceptors (Lipinski definition) is 4. The van der Waals surface area contributed by atoms with Crippen molar-refractivity contribution in [3.63, 3.8) is 0 Å². The molecule has 3 rings (SSSR count).